The molecule has 0 saturated carbocycles. The number of hydrogen-bond acceptors (Lipinski definition) is 1. The standard InChI is InChI=1S/C13H28O/c1-12(2,3)8-6-9-13(4,5)10-7-11-14/h14H,6-11H2,1-5H3. The summed E-state index contributed by atoms with van der Waals surface area (Å²) < 4.78 is 0. The summed E-state index contributed by atoms with van der Waals surface area (Å²) in [6.07, 6.45) is 5.98. The van der Waals surface area contributed by atoms with Crippen LogP contribution in [-0.2, 0) is 0 Å². The van der Waals surface area contributed by atoms with Gasteiger partial charge in [-0.3, -0.25) is 0 Å². The Kier molecular flexibility index (Phi) is 5.73. The summed E-state index contributed by atoms with van der Waals surface area (Å²) in [4.78, 5) is 0. The molecule has 0 spiro atoms. The molecule has 0 bridgehead atoms. The van der Waals surface area contributed by atoms with Gasteiger partial charge in [0.1, 0.15) is 0 Å². The molecule has 0 aromatic heterocycles. The maximum atomic E-state index is 8.78. The first-order valence-electron chi connectivity index (χ1n) is 5.88. The van der Waals surface area contributed by atoms with Gasteiger partial charge in [-0.05, 0) is 36.5 Å². The minimum absolute atomic E-state index is 0.336. The molecule has 1 heteroatoms. The van der Waals surface area contributed by atoms with E-state index in [2.05, 4.69) is 34.6 Å². The molecule has 0 radical (unpaired) electrons. The Morgan fingerprint density at radius 3 is 1.71 bits per heavy atom. The fraction of sp³-hybridized carbons (Fsp3) is 1.00. The van der Waals surface area contributed by atoms with Crippen molar-refractivity contribution in [2.75, 3.05) is 6.61 Å². The van der Waals surface area contributed by atoms with Gasteiger partial charge >= 0.3 is 0 Å². The molecule has 0 fully saturated rings. The molecule has 0 saturated heterocycles. The van der Waals surface area contributed by atoms with Gasteiger partial charge < -0.3 is 5.11 Å². The third-order valence-electron chi connectivity index (χ3n) is 2.79. The van der Waals surface area contributed by atoms with E-state index in [9.17, 15) is 0 Å². The van der Waals surface area contributed by atoms with Gasteiger partial charge in [-0.2, -0.15) is 0 Å². The highest BCUT2D eigenvalue weighted by atomic mass is 16.2. The average Bonchev–Trinajstić information content (AvgIpc) is 1.98. The van der Waals surface area contributed by atoms with Crippen LogP contribution >= 0.6 is 0 Å². The van der Waals surface area contributed by atoms with Gasteiger partial charge in [0.25, 0.3) is 0 Å². The largest absolute Gasteiger partial charge is 0.396 e. The van der Waals surface area contributed by atoms with Crippen molar-refractivity contribution >= 4 is 0 Å². The van der Waals surface area contributed by atoms with E-state index in [1.807, 2.05) is 0 Å². The molecule has 0 aliphatic carbocycles. The SMILES string of the molecule is CC(C)(C)CCCC(C)(C)CCCO. The van der Waals surface area contributed by atoms with Crippen molar-refractivity contribution in [2.24, 2.45) is 10.8 Å². The van der Waals surface area contributed by atoms with E-state index in [1.165, 1.54) is 19.3 Å². The van der Waals surface area contributed by atoms with Gasteiger partial charge in [0, 0.05) is 6.61 Å². The molecule has 0 aliphatic rings. The quantitative estimate of drug-likeness (QED) is 0.687. The lowest BCUT2D eigenvalue weighted by atomic mass is 9.80. The van der Waals surface area contributed by atoms with Crippen LogP contribution in [0.2, 0.25) is 0 Å². The number of rotatable bonds is 6. The van der Waals surface area contributed by atoms with Gasteiger partial charge in [0.2, 0.25) is 0 Å². The Balaban J connectivity index is 3.65. The summed E-state index contributed by atoms with van der Waals surface area (Å²) in [6.45, 7) is 11.9. The van der Waals surface area contributed by atoms with Crippen molar-refractivity contribution in [2.45, 2.75) is 66.7 Å². The summed E-state index contributed by atoms with van der Waals surface area (Å²) in [5.41, 5.74) is 0.876. The van der Waals surface area contributed by atoms with Crippen LogP contribution < -0.4 is 0 Å². The van der Waals surface area contributed by atoms with Crippen LogP contribution in [0.4, 0.5) is 0 Å². The summed E-state index contributed by atoms with van der Waals surface area (Å²) in [7, 11) is 0. The highest BCUT2D eigenvalue weighted by molar-refractivity contribution is 4.70. The molecule has 0 aromatic carbocycles. The summed E-state index contributed by atoms with van der Waals surface area (Å²) >= 11 is 0. The molecule has 0 aliphatic heterocycles. The highest BCUT2D eigenvalue weighted by Gasteiger charge is 2.18. The van der Waals surface area contributed by atoms with Gasteiger partial charge in [0.05, 0.1) is 0 Å². The lowest BCUT2D eigenvalue weighted by Gasteiger charge is -2.26. The Bertz CT molecular complexity index is 142. The first-order valence-corrected chi connectivity index (χ1v) is 5.88. The fourth-order valence-corrected chi connectivity index (χ4v) is 1.78. The first-order chi connectivity index (χ1) is 6.27. The van der Waals surface area contributed by atoms with E-state index in [0.717, 1.165) is 12.8 Å². The fourth-order valence-electron chi connectivity index (χ4n) is 1.78. The van der Waals surface area contributed by atoms with E-state index in [0.29, 0.717) is 17.4 Å². The van der Waals surface area contributed by atoms with Crippen LogP contribution in [0.3, 0.4) is 0 Å². The van der Waals surface area contributed by atoms with Gasteiger partial charge in [-0.25, -0.2) is 0 Å². The molecule has 1 N–H and O–H groups in total. The van der Waals surface area contributed by atoms with Crippen LogP contribution in [0, 0.1) is 10.8 Å². The van der Waals surface area contributed by atoms with Crippen LogP contribution in [-0.4, -0.2) is 11.7 Å². The average molecular weight is 200 g/mol. The summed E-state index contributed by atoms with van der Waals surface area (Å²) in [5.74, 6) is 0. The molecule has 0 atom stereocenters. The molecular formula is C13H28O. The zero-order chi connectivity index (χ0) is 11.2. The maximum Gasteiger partial charge on any atom is 0.0431 e. The molecule has 0 unspecified atom stereocenters. The van der Waals surface area contributed by atoms with E-state index in [4.69, 9.17) is 5.11 Å². The number of aliphatic hydroxyl groups excluding tert-OH is 1. The van der Waals surface area contributed by atoms with Crippen molar-refractivity contribution in [3.63, 3.8) is 0 Å². The van der Waals surface area contributed by atoms with Crippen molar-refractivity contribution in [3.8, 4) is 0 Å². The predicted molar refractivity (Wildman–Crippen MR) is 63.4 cm³/mol. The molecule has 86 valence electrons. The van der Waals surface area contributed by atoms with Gasteiger partial charge in [0.15, 0.2) is 0 Å². The molecule has 1 nitrogen and oxygen atoms in total. The third-order valence-corrected chi connectivity index (χ3v) is 2.79. The minimum atomic E-state index is 0.336. The Labute approximate surface area is 89.9 Å². The molecule has 0 heterocycles. The lowest BCUT2D eigenvalue weighted by molar-refractivity contribution is 0.220. The molecule has 0 aromatic rings. The normalized spacial score (nSPS) is 13.3. The molecule has 0 amide bonds. The molecule has 14 heavy (non-hydrogen) atoms. The Hall–Kier alpha value is -0.0400. The van der Waals surface area contributed by atoms with E-state index in [1.54, 1.807) is 0 Å². The van der Waals surface area contributed by atoms with Crippen molar-refractivity contribution < 1.29 is 5.11 Å². The van der Waals surface area contributed by atoms with Crippen molar-refractivity contribution in [3.05, 3.63) is 0 Å². The summed E-state index contributed by atoms with van der Waals surface area (Å²) in [6, 6.07) is 0. The first kappa shape index (κ1) is 14.0. The van der Waals surface area contributed by atoms with Crippen LogP contribution in [0.15, 0.2) is 0 Å². The summed E-state index contributed by atoms with van der Waals surface area (Å²) in [5, 5.41) is 8.78. The van der Waals surface area contributed by atoms with Crippen LogP contribution in [0.1, 0.15) is 66.7 Å². The zero-order valence-corrected chi connectivity index (χ0v) is 10.7. The second kappa shape index (κ2) is 5.75. The van der Waals surface area contributed by atoms with Gasteiger partial charge in [-0.1, -0.05) is 41.0 Å². The lowest BCUT2D eigenvalue weighted by Crippen LogP contribution is -2.14. The molecule has 0 rings (SSSR count). The molecular weight excluding hydrogens is 172 g/mol. The van der Waals surface area contributed by atoms with Crippen LogP contribution in [0.5, 0.6) is 0 Å². The van der Waals surface area contributed by atoms with E-state index < -0.39 is 0 Å². The Morgan fingerprint density at radius 1 is 0.786 bits per heavy atom. The smallest absolute Gasteiger partial charge is 0.0431 e. The third kappa shape index (κ3) is 8.55. The second-order valence-corrected chi connectivity index (χ2v) is 6.41. The van der Waals surface area contributed by atoms with E-state index in [-0.39, 0.29) is 0 Å². The second-order valence-electron chi connectivity index (χ2n) is 6.41. The number of aliphatic hydroxyl groups is 1. The minimum Gasteiger partial charge on any atom is -0.396 e. The van der Waals surface area contributed by atoms with Crippen molar-refractivity contribution in [1.29, 1.82) is 0 Å². The van der Waals surface area contributed by atoms with Crippen LogP contribution in [0.25, 0.3) is 0 Å². The van der Waals surface area contributed by atoms with Gasteiger partial charge in [-0.15, -0.1) is 0 Å². The van der Waals surface area contributed by atoms with Crippen molar-refractivity contribution in [1.82, 2.24) is 0 Å². The number of hydrogen-bond donors (Lipinski definition) is 1. The topological polar surface area (TPSA) is 20.2 Å². The zero-order valence-electron chi connectivity index (χ0n) is 10.7. The van der Waals surface area contributed by atoms with E-state index >= 15 is 0 Å². The monoisotopic (exact) mass is 200 g/mol. The maximum absolute atomic E-state index is 8.78. The predicted octanol–water partition coefficient (Wildman–Crippen LogP) is 4.00. The highest BCUT2D eigenvalue weighted by Crippen LogP contribution is 2.31. The Morgan fingerprint density at radius 2 is 1.29 bits per heavy atom.